The Kier molecular flexibility index (Phi) is 16.7. The van der Waals surface area contributed by atoms with Gasteiger partial charge in [-0.1, -0.05) is 0 Å². The topological polar surface area (TPSA) is 240 Å². The molecule has 4 heterocycles. The van der Waals surface area contributed by atoms with Crippen LogP contribution in [0.15, 0.2) is 24.3 Å². The molecule has 1 aromatic rings. The van der Waals surface area contributed by atoms with Crippen molar-refractivity contribution in [1.82, 2.24) is 35.1 Å². The molecule has 4 amide bonds. The van der Waals surface area contributed by atoms with Crippen LogP contribution < -0.4 is 16.0 Å². The number of unbranched alkanes of at least 4 members (excludes halogenated alkanes) is 1. The summed E-state index contributed by atoms with van der Waals surface area (Å²) in [4.78, 5) is 98.3. The molecule has 2 unspecified atom stereocenters. The maximum Gasteiger partial charge on any atom is 0.475 e. The van der Waals surface area contributed by atoms with Gasteiger partial charge in [-0.3, -0.25) is 14.4 Å². The van der Waals surface area contributed by atoms with Gasteiger partial charge >= 0.3 is 194 Å². The van der Waals surface area contributed by atoms with Crippen LogP contribution in [0.3, 0.4) is 0 Å². The van der Waals surface area contributed by atoms with Gasteiger partial charge < -0.3 is 25.6 Å². The fraction of sp³-hybridized carbons (Fsp3) is 0.629. The van der Waals surface area contributed by atoms with Crippen molar-refractivity contribution in [2.75, 3.05) is 96.9 Å². The first-order chi connectivity index (χ1) is 27.3. The molecule has 0 radical (unpaired) electrons. The number of amides is 4. The van der Waals surface area contributed by atoms with E-state index in [9.17, 15) is 43.6 Å². The molecule has 57 heavy (non-hydrogen) atoms. The normalized spacial score (nSPS) is 24.0. The van der Waals surface area contributed by atoms with Gasteiger partial charge in [0.25, 0.3) is 5.91 Å². The predicted octanol–water partition coefficient (Wildman–Crippen LogP) is -3.10. The zero-order valence-corrected chi connectivity index (χ0v) is 34.7. The van der Waals surface area contributed by atoms with E-state index in [4.69, 9.17) is 10.6 Å². The number of anilines is 1. The first-order valence-electron chi connectivity index (χ1n) is 19.4. The number of nitrogens with one attached hydrogen (secondary N) is 3. The molecule has 0 aliphatic carbocycles. The van der Waals surface area contributed by atoms with Gasteiger partial charge in [0.15, 0.2) is 0 Å². The second-order valence-electron chi connectivity index (χ2n) is 14.6. The van der Waals surface area contributed by atoms with E-state index >= 15 is 0 Å². The number of fused-ring (bicyclic) bond motifs is 7. The van der Waals surface area contributed by atoms with Crippen LogP contribution in [-0.2, 0) is 39.4 Å². The van der Waals surface area contributed by atoms with Crippen molar-refractivity contribution in [3.8, 4) is 0 Å². The fourth-order valence-electron chi connectivity index (χ4n) is 7.06. The molecule has 4 bridgehead atoms. The number of benzene rings is 1. The zero-order valence-electron chi connectivity index (χ0n) is 32.3. The van der Waals surface area contributed by atoms with E-state index in [1.54, 1.807) is 19.1 Å². The number of carbonyl (C=O) groups is 7. The fourth-order valence-corrected chi connectivity index (χ4v) is 9.18. The van der Waals surface area contributed by atoms with Crippen LogP contribution in [0.4, 0.5) is 5.69 Å². The number of hydrogen-bond acceptors (Lipinski definition) is 16. The summed E-state index contributed by atoms with van der Waals surface area (Å²) < 4.78 is 16.1. The largest absolute Gasteiger partial charge is 0.475 e. The van der Waals surface area contributed by atoms with E-state index in [0.29, 0.717) is 96.8 Å². The first kappa shape index (κ1) is 44.1. The summed E-state index contributed by atoms with van der Waals surface area (Å²) in [6.07, 6.45) is 2.41. The maximum absolute atomic E-state index is 13.0. The molecule has 5 rings (SSSR count). The Morgan fingerprint density at radius 1 is 0.789 bits per heavy atom. The molecule has 4 fully saturated rings. The van der Waals surface area contributed by atoms with Crippen molar-refractivity contribution >= 4 is 71.7 Å². The van der Waals surface area contributed by atoms with Gasteiger partial charge in [0.1, 0.15) is 6.04 Å². The molecule has 5 N–H and O–H groups in total. The summed E-state index contributed by atoms with van der Waals surface area (Å²) in [5.41, 5.74) is 0.781. The van der Waals surface area contributed by atoms with Crippen LogP contribution in [0, 0.1) is 0 Å². The van der Waals surface area contributed by atoms with Crippen LogP contribution in [0.5, 0.6) is 0 Å². The minimum atomic E-state index is -3.94. The van der Waals surface area contributed by atoms with Crippen LogP contribution in [-0.4, -0.2) is 204 Å². The third kappa shape index (κ3) is 14.1. The second kappa shape index (κ2) is 21.7. The van der Waals surface area contributed by atoms with Gasteiger partial charge in [-0.05, 0) is 50.5 Å². The molecule has 0 spiro atoms. The molecule has 4 saturated heterocycles. The number of hydrogen-bond donors (Lipinski definition) is 5. The smallest absolute Gasteiger partial charge is 0.426 e. The predicted molar refractivity (Wildman–Crippen MR) is 204 cm³/mol. The molecule has 1 aromatic carbocycles. The Bertz CT molecular complexity index is 1570. The van der Waals surface area contributed by atoms with Crippen molar-refractivity contribution in [2.45, 2.75) is 51.0 Å². The summed E-state index contributed by atoms with van der Waals surface area (Å²) in [5.74, 6) is -3.83. The third-order valence-corrected chi connectivity index (χ3v) is 13.1. The summed E-state index contributed by atoms with van der Waals surface area (Å²) in [6, 6.07) is 5.36. The molecule has 0 saturated carbocycles. The van der Waals surface area contributed by atoms with E-state index in [1.807, 2.05) is 19.6 Å². The Balaban J connectivity index is 1.03. The summed E-state index contributed by atoms with van der Waals surface area (Å²) in [5, 5.41) is 27.5. The average molecular weight is 857 g/mol. The van der Waals surface area contributed by atoms with Crippen molar-refractivity contribution in [2.24, 2.45) is 0 Å². The van der Waals surface area contributed by atoms with Gasteiger partial charge in [-0.25, -0.2) is 0 Å². The third-order valence-electron chi connectivity index (χ3n) is 10.3. The monoisotopic (exact) mass is 856 g/mol. The summed E-state index contributed by atoms with van der Waals surface area (Å²) in [6.45, 7) is 6.07. The van der Waals surface area contributed by atoms with Gasteiger partial charge in [0.05, 0.1) is 5.94 Å². The van der Waals surface area contributed by atoms with E-state index in [1.165, 1.54) is 17.0 Å². The number of nitrogens with zero attached hydrogens (tertiary/aromatic N) is 5. The van der Waals surface area contributed by atoms with Crippen molar-refractivity contribution in [3.63, 3.8) is 0 Å². The van der Waals surface area contributed by atoms with E-state index in [0.717, 1.165) is 0 Å². The second-order valence-corrected chi connectivity index (χ2v) is 17.3. The van der Waals surface area contributed by atoms with Gasteiger partial charge in [0, 0.05) is 24.2 Å². The van der Waals surface area contributed by atoms with Gasteiger partial charge in [0.2, 0.25) is 11.8 Å². The molecular weight excluding hydrogens is 805 g/mol. The van der Waals surface area contributed by atoms with Crippen LogP contribution in [0.2, 0.25) is 0 Å². The van der Waals surface area contributed by atoms with E-state index in [-0.39, 0.29) is 50.0 Å². The molecular formula is C35H52BGaN8O12. The molecule has 4 aliphatic rings. The molecule has 22 heteroatoms. The minimum absolute atomic E-state index is 0.00151. The molecule has 310 valence electrons. The Morgan fingerprint density at radius 3 is 1.88 bits per heavy atom. The molecule has 0 aromatic heterocycles. The SMILES string of the molecule is C[C@@H](NC(=O)c1ccc(NC(=O)CCCCNC(=O)CN2CCN3CCN4CCN(CC2)CC(=O)[O][Ga]([O]C(=O)C3)[O]C(=O)C4)cc1)C(=O)N1CCC[C@H]1B(O)O. The zero-order chi connectivity index (χ0) is 40.9. The van der Waals surface area contributed by atoms with E-state index in [2.05, 4.69) is 16.0 Å². The standard InChI is InChI=1S/C35H55BN8O12.Ga/c1-25(35(54)44-12-4-5-28(44)36(55)56)38-34(53)26-7-9-27(10-8-26)39-29(45)6-2-3-11-37-30(46)21-40-13-15-41(22-31(47)48)17-19-43(24-33(51)52)20-18-42(16-14-40)23-32(49)50;/h7-10,25,28,55-56H,2-6,11-24H2,1H3,(H,37,46)(H,38,53)(H,39,45)(H,47,48)(H,49,50)(H,51,52);/q;+3/p-3/t25-,28+;/m1./s1. The first-order valence-corrected chi connectivity index (χ1v) is 22.4. The van der Waals surface area contributed by atoms with Crippen LogP contribution in [0.25, 0.3) is 0 Å². The number of rotatable bonds is 12. The van der Waals surface area contributed by atoms with Crippen LogP contribution in [0.1, 0.15) is 49.4 Å². The Hall–Kier alpha value is -4.03. The Morgan fingerprint density at radius 2 is 1.33 bits per heavy atom. The average Bonchev–Trinajstić information content (AvgIpc) is 3.64. The maximum atomic E-state index is 13.0. The van der Waals surface area contributed by atoms with Crippen LogP contribution >= 0.6 is 0 Å². The minimum Gasteiger partial charge on any atom is -0.426 e. The molecule has 4 aliphatic heterocycles. The van der Waals surface area contributed by atoms with Crippen molar-refractivity contribution < 1.29 is 54.2 Å². The summed E-state index contributed by atoms with van der Waals surface area (Å²) in [7, 11) is -1.64. The van der Waals surface area contributed by atoms with Gasteiger partial charge in [-0.15, -0.1) is 0 Å². The van der Waals surface area contributed by atoms with Gasteiger partial charge in [-0.2, -0.15) is 0 Å². The molecule has 20 nitrogen and oxygen atoms in total. The quantitative estimate of drug-likeness (QED) is 0.103. The summed E-state index contributed by atoms with van der Waals surface area (Å²) >= 11 is -3.94. The Labute approximate surface area is 337 Å². The molecule has 4 atom stereocenters. The van der Waals surface area contributed by atoms with E-state index < -0.39 is 66.1 Å². The van der Waals surface area contributed by atoms with Crippen molar-refractivity contribution in [3.05, 3.63) is 29.8 Å². The number of carbonyl (C=O) groups excluding carboxylic acids is 7. The van der Waals surface area contributed by atoms with Crippen molar-refractivity contribution in [1.29, 1.82) is 0 Å². The number of likely N-dealkylation sites (tertiary alicyclic amines) is 1.